The Balaban J connectivity index is 1.94. The van der Waals surface area contributed by atoms with E-state index in [1.807, 2.05) is 24.3 Å². The molecular weight excluding hydrogens is 370 g/mol. The number of anilines is 1. The van der Waals surface area contributed by atoms with Gasteiger partial charge in [-0.25, -0.2) is 9.97 Å². The third kappa shape index (κ3) is 3.93. The molecule has 0 unspecified atom stereocenters. The van der Waals surface area contributed by atoms with Gasteiger partial charge in [0.2, 0.25) is 5.28 Å². The maximum atomic E-state index is 6.09. The summed E-state index contributed by atoms with van der Waals surface area (Å²) in [6.45, 7) is 0.511. The molecule has 27 heavy (non-hydrogen) atoms. The van der Waals surface area contributed by atoms with Gasteiger partial charge in [-0.1, -0.05) is 6.07 Å². The maximum absolute atomic E-state index is 6.09. The fourth-order valence-corrected chi connectivity index (χ4v) is 2.91. The monoisotopic (exact) mass is 389 g/mol. The van der Waals surface area contributed by atoms with E-state index in [0.717, 1.165) is 10.9 Å². The number of hydrogen-bond donors (Lipinski definition) is 1. The Morgan fingerprint density at radius 3 is 2.11 bits per heavy atom. The highest BCUT2D eigenvalue weighted by Crippen LogP contribution is 2.35. The Morgan fingerprint density at radius 2 is 1.44 bits per heavy atom. The van der Waals surface area contributed by atoms with Gasteiger partial charge < -0.3 is 24.3 Å². The molecule has 1 heterocycles. The van der Waals surface area contributed by atoms with Crippen molar-refractivity contribution in [3.8, 4) is 23.0 Å². The van der Waals surface area contributed by atoms with E-state index in [1.165, 1.54) is 0 Å². The lowest BCUT2D eigenvalue weighted by Crippen LogP contribution is -2.04. The van der Waals surface area contributed by atoms with Gasteiger partial charge in [0.05, 0.1) is 34.0 Å². The molecule has 0 saturated carbocycles. The molecule has 1 N–H and O–H groups in total. The summed E-state index contributed by atoms with van der Waals surface area (Å²) in [6.07, 6.45) is 0. The highest BCUT2D eigenvalue weighted by atomic mass is 35.5. The van der Waals surface area contributed by atoms with Crippen molar-refractivity contribution < 1.29 is 18.9 Å². The molecule has 2 aromatic carbocycles. The second-order valence-electron chi connectivity index (χ2n) is 5.61. The predicted octanol–water partition coefficient (Wildman–Crippen LogP) is 3.93. The van der Waals surface area contributed by atoms with Gasteiger partial charge in [-0.05, 0) is 35.4 Å². The second kappa shape index (κ2) is 8.18. The van der Waals surface area contributed by atoms with Crippen LogP contribution >= 0.6 is 11.6 Å². The Hall–Kier alpha value is -2.93. The van der Waals surface area contributed by atoms with Crippen LogP contribution in [0.3, 0.4) is 0 Å². The van der Waals surface area contributed by atoms with Gasteiger partial charge in [-0.15, -0.1) is 0 Å². The van der Waals surface area contributed by atoms with Crippen molar-refractivity contribution in [3.05, 3.63) is 41.2 Å². The summed E-state index contributed by atoms with van der Waals surface area (Å²) in [5.74, 6) is 3.10. The summed E-state index contributed by atoms with van der Waals surface area (Å²) >= 11 is 6.09. The Labute approximate surface area is 162 Å². The molecule has 7 nitrogen and oxygen atoms in total. The molecule has 0 radical (unpaired) electrons. The Morgan fingerprint density at radius 1 is 0.815 bits per heavy atom. The molecule has 0 saturated heterocycles. The van der Waals surface area contributed by atoms with E-state index in [4.69, 9.17) is 30.5 Å². The van der Waals surface area contributed by atoms with E-state index >= 15 is 0 Å². The molecule has 1 aromatic heterocycles. The quantitative estimate of drug-likeness (QED) is 0.613. The van der Waals surface area contributed by atoms with Crippen molar-refractivity contribution in [1.29, 1.82) is 0 Å². The number of nitrogens with one attached hydrogen (secondary N) is 1. The van der Waals surface area contributed by atoms with Gasteiger partial charge in [-0.3, -0.25) is 0 Å². The van der Waals surface area contributed by atoms with Gasteiger partial charge in [-0.2, -0.15) is 0 Å². The van der Waals surface area contributed by atoms with E-state index < -0.39 is 0 Å². The van der Waals surface area contributed by atoms with Crippen LogP contribution < -0.4 is 24.3 Å². The molecule has 8 heteroatoms. The summed E-state index contributed by atoms with van der Waals surface area (Å²) in [5.41, 5.74) is 1.65. The van der Waals surface area contributed by atoms with E-state index in [1.54, 1.807) is 34.5 Å². The molecule has 0 atom stereocenters. The zero-order chi connectivity index (χ0) is 19.4. The largest absolute Gasteiger partial charge is 0.493 e. The lowest BCUT2D eigenvalue weighted by Gasteiger charge is -2.13. The van der Waals surface area contributed by atoms with Crippen LogP contribution in [0.2, 0.25) is 5.28 Å². The summed E-state index contributed by atoms with van der Waals surface area (Å²) in [5, 5.41) is 4.21. The second-order valence-corrected chi connectivity index (χ2v) is 5.95. The number of ether oxygens (including phenoxy) is 4. The minimum absolute atomic E-state index is 0.143. The maximum Gasteiger partial charge on any atom is 0.224 e. The lowest BCUT2D eigenvalue weighted by molar-refractivity contribution is 0.354. The number of hydrogen-bond acceptors (Lipinski definition) is 7. The minimum Gasteiger partial charge on any atom is -0.493 e. The number of halogens is 1. The smallest absolute Gasteiger partial charge is 0.224 e. The zero-order valence-corrected chi connectivity index (χ0v) is 16.3. The van der Waals surface area contributed by atoms with Crippen LogP contribution in [0.1, 0.15) is 5.56 Å². The summed E-state index contributed by atoms with van der Waals surface area (Å²) in [4.78, 5) is 8.58. The normalized spacial score (nSPS) is 10.6. The molecule has 0 spiro atoms. The van der Waals surface area contributed by atoms with Crippen LogP contribution in [0.4, 0.5) is 5.82 Å². The molecule has 0 aliphatic rings. The van der Waals surface area contributed by atoms with E-state index in [9.17, 15) is 0 Å². The van der Waals surface area contributed by atoms with E-state index in [2.05, 4.69) is 15.3 Å². The van der Waals surface area contributed by atoms with Crippen LogP contribution in [0.25, 0.3) is 10.9 Å². The van der Waals surface area contributed by atoms with Gasteiger partial charge in [0.1, 0.15) is 5.82 Å². The van der Waals surface area contributed by atoms with Gasteiger partial charge in [0.15, 0.2) is 23.0 Å². The van der Waals surface area contributed by atoms with Crippen molar-refractivity contribution in [3.63, 3.8) is 0 Å². The standard InChI is InChI=1S/C19H20ClN3O4/c1-24-14-6-5-11(7-15(14)25-2)10-21-18-12-8-16(26-3)17(27-4)9-13(12)22-19(20)23-18/h5-9H,10H2,1-4H3,(H,21,22,23). The number of nitrogens with zero attached hydrogens (tertiary/aromatic N) is 2. The van der Waals surface area contributed by atoms with Gasteiger partial charge in [0, 0.05) is 18.0 Å². The first-order valence-electron chi connectivity index (χ1n) is 8.13. The average Bonchev–Trinajstić information content (AvgIpc) is 2.70. The molecule has 3 aromatic rings. The van der Waals surface area contributed by atoms with Crippen LogP contribution in [-0.4, -0.2) is 38.4 Å². The number of benzene rings is 2. The minimum atomic E-state index is 0.143. The summed E-state index contributed by atoms with van der Waals surface area (Å²) < 4.78 is 21.3. The highest BCUT2D eigenvalue weighted by molar-refractivity contribution is 6.28. The molecule has 0 aliphatic carbocycles. The van der Waals surface area contributed by atoms with Crippen molar-refractivity contribution in [1.82, 2.24) is 9.97 Å². The topological polar surface area (TPSA) is 74.7 Å². The molecule has 142 valence electrons. The summed E-state index contributed by atoms with van der Waals surface area (Å²) in [6, 6.07) is 9.29. The van der Waals surface area contributed by atoms with Gasteiger partial charge >= 0.3 is 0 Å². The first kappa shape index (κ1) is 18.8. The fourth-order valence-electron chi connectivity index (χ4n) is 2.74. The summed E-state index contributed by atoms with van der Waals surface area (Å²) in [7, 11) is 6.36. The van der Waals surface area contributed by atoms with Crippen molar-refractivity contribution >= 4 is 28.3 Å². The third-order valence-electron chi connectivity index (χ3n) is 4.08. The SMILES string of the molecule is COc1ccc(CNc2nc(Cl)nc3cc(OC)c(OC)cc23)cc1OC. The molecule has 0 fully saturated rings. The highest BCUT2D eigenvalue weighted by Gasteiger charge is 2.13. The van der Waals surface area contributed by atoms with Crippen molar-refractivity contribution in [2.75, 3.05) is 33.8 Å². The molecule has 0 aliphatic heterocycles. The number of fused-ring (bicyclic) bond motifs is 1. The molecule has 3 rings (SSSR count). The fraction of sp³-hybridized carbons (Fsp3) is 0.263. The molecule has 0 amide bonds. The molecular formula is C19H20ClN3O4. The average molecular weight is 390 g/mol. The first-order chi connectivity index (χ1) is 13.1. The lowest BCUT2D eigenvalue weighted by atomic mass is 10.1. The van der Waals surface area contributed by atoms with Crippen molar-refractivity contribution in [2.45, 2.75) is 6.54 Å². The number of aromatic nitrogens is 2. The number of rotatable bonds is 7. The first-order valence-corrected chi connectivity index (χ1v) is 8.51. The zero-order valence-electron chi connectivity index (χ0n) is 15.5. The van der Waals surface area contributed by atoms with Crippen LogP contribution in [0.15, 0.2) is 30.3 Å². The number of methoxy groups -OCH3 is 4. The predicted molar refractivity (Wildman–Crippen MR) is 105 cm³/mol. The third-order valence-corrected chi connectivity index (χ3v) is 4.25. The van der Waals surface area contributed by atoms with E-state index in [0.29, 0.717) is 40.9 Å². The van der Waals surface area contributed by atoms with E-state index in [-0.39, 0.29) is 5.28 Å². The van der Waals surface area contributed by atoms with Gasteiger partial charge in [0.25, 0.3) is 0 Å². The van der Waals surface area contributed by atoms with Crippen LogP contribution in [0, 0.1) is 0 Å². The molecule has 0 bridgehead atoms. The van der Waals surface area contributed by atoms with Crippen LogP contribution in [-0.2, 0) is 6.54 Å². The van der Waals surface area contributed by atoms with Crippen molar-refractivity contribution in [2.24, 2.45) is 0 Å². The Bertz CT molecular complexity index is 965. The van der Waals surface area contributed by atoms with Crippen LogP contribution in [0.5, 0.6) is 23.0 Å². The Kier molecular flexibility index (Phi) is 5.71.